The van der Waals surface area contributed by atoms with Gasteiger partial charge in [-0.3, -0.25) is 4.98 Å². The van der Waals surface area contributed by atoms with Gasteiger partial charge < -0.3 is 10.5 Å². The average molecular weight is 214 g/mol. The summed E-state index contributed by atoms with van der Waals surface area (Å²) in [4.78, 5) is 14.7. The maximum absolute atomic E-state index is 10.7. The van der Waals surface area contributed by atoms with Gasteiger partial charge in [-0.25, -0.2) is 4.79 Å². The molecule has 0 aliphatic heterocycles. The highest BCUT2D eigenvalue weighted by Crippen LogP contribution is 2.28. The summed E-state index contributed by atoms with van der Waals surface area (Å²) < 4.78 is 4.92. The van der Waals surface area contributed by atoms with Gasteiger partial charge in [0.05, 0.1) is 0 Å². The first-order valence-corrected chi connectivity index (χ1v) is 4.74. The molecule has 0 spiro atoms. The molecule has 4 heteroatoms. The van der Waals surface area contributed by atoms with Crippen LogP contribution in [-0.4, -0.2) is 11.1 Å². The second-order valence-electron chi connectivity index (χ2n) is 3.15. The van der Waals surface area contributed by atoms with E-state index in [2.05, 4.69) is 4.98 Å². The first-order valence-electron chi connectivity index (χ1n) is 4.74. The largest absolute Gasteiger partial charge is 0.410 e. The van der Waals surface area contributed by atoms with E-state index in [1.165, 1.54) is 0 Å². The van der Waals surface area contributed by atoms with Gasteiger partial charge in [0, 0.05) is 18.0 Å². The molecule has 2 N–H and O–H groups in total. The normalized spacial score (nSPS) is 9.75. The predicted molar refractivity (Wildman–Crippen MR) is 59.9 cm³/mol. The summed E-state index contributed by atoms with van der Waals surface area (Å²) in [6, 6.07) is 10.9. The molecule has 4 nitrogen and oxygen atoms in total. The van der Waals surface area contributed by atoms with Crippen molar-refractivity contribution in [3.05, 3.63) is 48.8 Å². The Labute approximate surface area is 92.7 Å². The Balaban J connectivity index is 2.44. The third-order valence-corrected chi connectivity index (χ3v) is 2.09. The van der Waals surface area contributed by atoms with Crippen molar-refractivity contribution in [2.24, 2.45) is 5.73 Å². The number of pyridine rings is 1. The fourth-order valence-corrected chi connectivity index (χ4v) is 1.43. The summed E-state index contributed by atoms with van der Waals surface area (Å²) >= 11 is 0. The second kappa shape index (κ2) is 4.44. The maximum atomic E-state index is 10.7. The Morgan fingerprint density at radius 1 is 1.12 bits per heavy atom. The Morgan fingerprint density at radius 2 is 1.81 bits per heavy atom. The zero-order chi connectivity index (χ0) is 11.4. The van der Waals surface area contributed by atoms with Gasteiger partial charge in [-0.2, -0.15) is 0 Å². The number of primary amides is 1. The molecular weight excluding hydrogens is 204 g/mol. The number of benzene rings is 1. The number of ether oxygens (including phenoxy) is 1. The van der Waals surface area contributed by atoms with Crippen LogP contribution in [0, 0.1) is 0 Å². The molecule has 1 aromatic carbocycles. The molecule has 0 bridgehead atoms. The summed E-state index contributed by atoms with van der Waals surface area (Å²) in [7, 11) is 0. The minimum absolute atomic E-state index is 0.446. The van der Waals surface area contributed by atoms with E-state index < -0.39 is 6.09 Å². The molecule has 0 fully saturated rings. The number of rotatable bonds is 2. The lowest BCUT2D eigenvalue weighted by Crippen LogP contribution is -2.16. The molecule has 16 heavy (non-hydrogen) atoms. The van der Waals surface area contributed by atoms with Crippen molar-refractivity contribution < 1.29 is 9.53 Å². The van der Waals surface area contributed by atoms with Crippen LogP contribution in [-0.2, 0) is 0 Å². The highest BCUT2D eigenvalue weighted by atomic mass is 16.5. The third-order valence-electron chi connectivity index (χ3n) is 2.09. The molecule has 0 unspecified atom stereocenters. The Bertz CT molecular complexity index is 497. The van der Waals surface area contributed by atoms with Crippen molar-refractivity contribution in [1.82, 2.24) is 4.98 Å². The zero-order valence-electron chi connectivity index (χ0n) is 8.46. The van der Waals surface area contributed by atoms with Crippen LogP contribution in [0.4, 0.5) is 4.79 Å². The number of hydrogen-bond donors (Lipinski definition) is 1. The molecule has 0 aliphatic carbocycles. The van der Waals surface area contributed by atoms with Crippen LogP contribution in [0.2, 0.25) is 0 Å². The number of hydrogen-bond acceptors (Lipinski definition) is 3. The maximum Gasteiger partial charge on any atom is 0.409 e. The molecule has 80 valence electrons. The third kappa shape index (κ3) is 2.17. The van der Waals surface area contributed by atoms with Crippen molar-refractivity contribution in [2.45, 2.75) is 0 Å². The smallest absolute Gasteiger partial charge is 0.409 e. The van der Waals surface area contributed by atoms with Gasteiger partial charge in [0.15, 0.2) is 0 Å². The van der Waals surface area contributed by atoms with E-state index in [0.717, 1.165) is 11.1 Å². The number of nitrogens with zero attached hydrogens (tertiary/aromatic N) is 1. The van der Waals surface area contributed by atoms with E-state index in [1.54, 1.807) is 24.5 Å². The van der Waals surface area contributed by atoms with Gasteiger partial charge in [0.25, 0.3) is 0 Å². The minimum atomic E-state index is -0.818. The molecule has 0 saturated heterocycles. The first-order chi connectivity index (χ1) is 7.77. The number of carbonyl (C=O) groups is 1. The summed E-state index contributed by atoms with van der Waals surface area (Å²) in [6.45, 7) is 0. The van der Waals surface area contributed by atoms with Gasteiger partial charge in [-0.05, 0) is 23.8 Å². The van der Waals surface area contributed by atoms with Crippen LogP contribution >= 0.6 is 0 Å². The molecular formula is C12H10N2O2. The summed E-state index contributed by atoms with van der Waals surface area (Å²) in [5, 5.41) is 0. The van der Waals surface area contributed by atoms with Crippen molar-refractivity contribution in [3.63, 3.8) is 0 Å². The van der Waals surface area contributed by atoms with Crippen LogP contribution in [0.1, 0.15) is 0 Å². The number of carbonyl (C=O) groups excluding carboxylic acids is 1. The highest BCUT2D eigenvalue weighted by Gasteiger charge is 2.07. The highest BCUT2D eigenvalue weighted by molar-refractivity contribution is 5.75. The Morgan fingerprint density at radius 3 is 2.50 bits per heavy atom. The molecule has 1 heterocycles. The van der Waals surface area contributed by atoms with Crippen molar-refractivity contribution in [3.8, 4) is 16.9 Å². The SMILES string of the molecule is NC(=O)Oc1ccccc1-c1ccncc1. The van der Waals surface area contributed by atoms with Crippen LogP contribution in [0.15, 0.2) is 48.8 Å². The number of amides is 1. The lowest BCUT2D eigenvalue weighted by atomic mass is 10.1. The van der Waals surface area contributed by atoms with E-state index in [1.807, 2.05) is 24.3 Å². The minimum Gasteiger partial charge on any atom is -0.410 e. The van der Waals surface area contributed by atoms with E-state index in [4.69, 9.17) is 10.5 Å². The van der Waals surface area contributed by atoms with Gasteiger partial charge in [0.2, 0.25) is 0 Å². The Hall–Kier alpha value is -2.36. The Kier molecular flexibility index (Phi) is 2.82. The molecule has 2 aromatic rings. The van der Waals surface area contributed by atoms with Gasteiger partial charge in [0.1, 0.15) is 5.75 Å². The number of aromatic nitrogens is 1. The molecule has 1 amide bonds. The molecule has 0 radical (unpaired) electrons. The van der Waals surface area contributed by atoms with Crippen molar-refractivity contribution in [2.75, 3.05) is 0 Å². The second-order valence-corrected chi connectivity index (χ2v) is 3.15. The quantitative estimate of drug-likeness (QED) is 0.833. The van der Waals surface area contributed by atoms with Crippen LogP contribution in [0.3, 0.4) is 0 Å². The fraction of sp³-hybridized carbons (Fsp3) is 0. The molecule has 1 aromatic heterocycles. The summed E-state index contributed by atoms with van der Waals surface area (Å²) in [5.41, 5.74) is 6.73. The lowest BCUT2D eigenvalue weighted by Gasteiger charge is -2.07. The predicted octanol–water partition coefficient (Wildman–Crippen LogP) is 2.21. The van der Waals surface area contributed by atoms with E-state index in [0.29, 0.717) is 5.75 Å². The van der Waals surface area contributed by atoms with E-state index in [-0.39, 0.29) is 0 Å². The van der Waals surface area contributed by atoms with Crippen LogP contribution in [0.5, 0.6) is 5.75 Å². The average Bonchev–Trinajstić information content (AvgIpc) is 2.30. The fourth-order valence-electron chi connectivity index (χ4n) is 1.43. The number of para-hydroxylation sites is 1. The molecule has 0 atom stereocenters. The molecule has 0 saturated carbocycles. The lowest BCUT2D eigenvalue weighted by molar-refractivity contribution is 0.211. The number of nitrogens with two attached hydrogens (primary N) is 1. The molecule has 2 rings (SSSR count). The zero-order valence-corrected chi connectivity index (χ0v) is 8.46. The monoisotopic (exact) mass is 214 g/mol. The van der Waals surface area contributed by atoms with Crippen LogP contribution < -0.4 is 10.5 Å². The van der Waals surface area contributed by atoms with Gasteiger partial charge in [-0.15, -0.1) is 0 Å². The van der Waals surface area contributed by atoms with Gasteiger partial charge >= 0.3 is 6.09 Å². The van der Waals surface area contributed by atoms with Gasteiger partial charge in [-0.1, -0.05) is 18.2 Å². The van der Waals surface area contributed by atoms with Crippen LogP contribution in [0.25, 0.3) is 11.1 Å². The molecule has 0 aliphatic rings. The summed E-state index contributed by atoms with van der Waals surface area (Å²) in [6.07, 6.45) is 2.54. The van der Waals surface area contributed by atoms with Crippen molar-refractivity contribution in [1.29, 1.82) is 0 Å². The van der Waals surface area contributed by atoms with E-state index in [9.17, 15) is 4.79 Å². The standard InChI is InChI=1S/C12H10N2O2/c13-12(15)16-11-4-2-1-3-10(11)9-5-7-14-8-6-9/h1-8H,(H2,13,15). The van der Waals surface area contributed by atoms with Crippen molar-refractivity contribution >= 4 is 6.09 Å². The summed E-state index contributed by atoms with van der Waals surface area (Å²) in [5.74, 6) is 0.446. The first kappa shape index (κ1) is 10.2. The topological polar surface area (TPSA) is 65.2 Å². The van der Waals surface area contributed by atoms with E-state index >= 15 is 0 Å².